The topological polar surface area (TPSA) is 109 Å². The molecule has 0 radical (unpaired) electrons. The maximum absolute atomic E-state index is 12.8. The number of carbonyl (C=O) groups is 2. The van der Waals surface area contributed by atoms with E-state index in [1.165, 1.54) is 0 Å². The van der Waals surface area contributed by atoms with Crippen molar-refractivity contribution in [2.75, 3.05) is 19.7 Å². The minimum absolute atomic E-state index is 0.0276. The molecule has 0 bridgehead atoms. The molecule has 2 heterocycles. The van der Waals surface area contributed by atoms with Crippen molar-refractivity contribution in [1.82, 2.24) is 20.4 Å². The van der Waals surface area contributed by atoms with Gasteiger partial charge in [-0.25, -0.2) is 0 Å². The Hall–Kier alpha value is -1.80. The molecule has 0 spiro atoms. The lowest BCUT2D eigenvalue weighted by molar-refractivity contribution is -0.130. The molecule has 8 heteroatoms. The molecule has 1 atom stereocenters. The first kappa shape index (κ1) is 19.9. The zero-order chi connectivity index (χ0) is 19.7. The van der Waals surface area contributed by atoms with E-state index in [0.717, 1.165) is 32.1 Å². The van der Waals surface area contributed by atoms with Crippen molar-refractivity contribution < 1.29 is 19.1 Å². The molecule has 1 aliphatic heterocycles. The quantitative estimate of drug-likeness (QED) is 0.721. The number of ketones is 1. The van der Waals surface area contributed by atoms with Crippen LogP contribution in [0.3, 0.4) is 0 Å². The van der Waals surface area contributed by atoms with Crippen LogP contribution >= 0.6 is 0 Å². The monoisotopic (exact) mass is 378 g/mol. The van der Waals surface area contributed by atoms with Gasteiger partial charge in [0.1, 0.15) is 6.04 Å². The molecular formula is C19H30N4O4. The third-order valence-corrected chi connectivity index (χ3v) is 5.63. The highest BCUT2D eigenvalue weighted by Crippen LogP contribution is 2.29. The molecule has 3 rings (SSSR count). The van der Waals surface area contributed by atoms with Crippen molar-refractivity contribution in [1.29, 1.82) is 0 Å². The first-order chi connectivity index (χ1) is 12.8. The fourth-order valence-corrected chi connectivity index (χ4v) is 3.91. The summed E-state index contributed by atoms with van der Waals surface area (Å²) in [6, 6.07) is -0.554. The van der Waals surface area contributed by atoms with Gasteiger partial charge in [0, 0.05) is 17.5 Å². The lowest BCUT2D eigenvalue weighted by Crippen LogP contribution is -2.52. The molecule has 1 amide bonds. The molecular weight excluding hydrogens is 348 g/mol. The zero-order valence-electron chi connectivity index (χ0n) is 16.5. The van der Waals surface area contributed by atoms with Gasteiger partial charge >= 0.3 is 0 Å². The van der Waals surface area contributed by atoms with Crippen LogP contribution in [0, 0.1) is 0 Å². The number of aliphatic hydroxyl groups is 1. The van der Waals surface area contributed by atoms with Gasteiger partial charge in [0.25, 0.3) is 5.89 Å². The molecule has 8 nitrogen and oxygen atoms in total. The van der Waals surface area contributed by atoms with Crippen LogP contribution in [0.1, 0.15) is 75.9 Å². The standard InChI is InChI=1S/C19H30N4O4/c1-18(2,3)17-22-21-16(27-17)15(26)13-7-6-10-23(13)14(25)11-20-19(12-24)8-4-5-9-19/h13,20,24H,4-12H2,1-3H3. The second kappa shape index (κ2) is 7.67. The smallest absolute Gasteiger partial charge is 0.286 e. The Bertz CT molecular complexity index is 688. The summed E-state index contributed by atoms with van der Waals surface area (Å²) in [6.45, 7) is 6.51. The zero-order valence-corrected chi connectivity index (χ0v) is 16.5. The van der Waals surface area contributed by atoms with Gasteiger partial charge in [-0.3, -0.25) is 9.59 Å². The van der Waals surface area contributed by atoms with Crippen LogP contribution in [0.25, 0.3) is 0 Å². The highest BCUT2D eigenvalue weighted by molar-refractivity contribution is 5.98. The van der Waals surface area contributed by atoms with Crippen LogP contribution in [0.4, 0.5) is 0 Å². The van der Waals surface area contributed by atoms with Gasteiger partial charge in [-0.1, -0.05) is 33.6 Å². The number of hydrogen-bond acceptors (Lipinski definition) is 7. The van der Waals surface area contributed by atoms with Crippen LogP contribution in [-0.4, -0.2) is 63.2 Å². The number of carbonyl (C=O) groups excluding carboxylic acids is 2. The van der Waals surface area contributed by atoms with Crippen LogP contribution in [0.5, 0.6) is 0 Å². The summed E-state index contributed by atoms with van der Waals surface area (Å²) in [5, 5.41) is 20.8. The summed E-state index contributed by atoms with van der Waals surface area (Å²) in [4.78, 5) is 27.2. The lowest BCUT2D eigenvalue weighted by Gasteiger charge is -2.30. The normalized spacial score (nSPS) is 22.4. The highest BCUT2D eigenvalue weighted by Gasteiger charge is 2.39. The summed E-state index contributed by atoms with van der Waals surface area (Å²) in [5.74, 6) is -0.0301. The van der Waals surface area contributed by atoms with Crippen molar-refractivity contribution >= 4 is 11.7 Å². The molecule has 1 aromatic heterocycles. The van der Waals surface area contributed by atoms with Crippen molar-refractivity contribution in [3.05, 3.63) is 11.8 Å². The van der Waals surface area contributed by atoms with Crippen molar-refractivity contribution in [3.8, 4) is 0 Å². The lowest BCUT2D eigenvalue weighted by atomic mass is 9.97. The second-order valence-corrected chi connectivity index (χ2v) is 8.77. The van der Waals surface area contributed by atoms with E-state index in [4.69, 9.17) is 4.42 Å². The summed E-state index contributed by atoms with van der Waals surface area (Å²) in [7, 11) is 0. The average molecular weight is 378 g/mol. The van der Waals surface area contributed by atoms with E-state index in [2.05, 4.69) is 15.5 Å². The van der Waals surface area contributed by atoms with E-state index in [0.29, 0.717) is 18.9 Å². The number of nitrogens with zero attached hydrogens (tertiary/aromatic N) is 3. The summed E-state index contributed by atoms with van der Waals surface area (Å²) >= 11 is 0. The number of aliphatic hydroxyl groups excluding tert-OH is 1. The molecule has 1 saturated carbocycles. The first-order valence-corrected chi connectivity index (χ1v) is 9.79. The Morgan fingerprint density at radius 2 is 1.96 bits per heavy atom. The Morgan fingerprint density at radius 1 is 1.26 bits per heavy atom. The molecule has 0 aromatic carbocycles. The van der Waals surface area contributed by atoms with E-state index in [1.807, 2.05) is 20.8 Å². The summed E-state index contributed by atoms with van der Waals surface area (Å²) in [5.41, 5.74) is -0.691. The number of aromatic nitrogens is 2. The second-order valence-electron chi connectivity index (χ2n) is 8.77. The molecule has 1 saturated heterocycles. The highest BCUT2D eigenvalue weighted by atomic mass is 16.4. The number of amides is 1. The van der Waals surface area contributed by atoms with Gasteiger partial charge in [-0.15, -0.1) is 10.2 Å². The van der Waals surface area contributed by atoms with Crippen molar-refractivity contribution in [2.45, 2.75) is 76.3 Å². The van der Waals surface area contributed by atoms with Crippen LogP contribution < -0.4 is 5.32 Å². The number of nitrogens with one attached hydrogen (secondary N) is 1. The first-order valence-electron chi connectivity index (χ1n) is 9.79. The third-order valence-electron chi connectivity index (χ3n) is 5.63. The number of Topliss-reactive ketones (excluding diaryl/α,β-unsaturated/α-hetero) is 1. The molecule has 2 N–H and O–H groups in total. The molecule has 27 heavy (non-hydrogen) atoms. The van der Waals surface area contributed by atoms with Gasteiger partial charge < -0.3 is 19.7 Å². The fourth-order valence-electron chi connectivity index (χ4n) is 3.91. The Kier molecular flexibility index (Phi) is 5.67. The fraction of sp³-hybridized carbons (Fsp3) is 0.789. The molecule has 2 aliphatic rings. The summed E-state index contributed by atoms with van der Waals surface area (Å²) in [6.07, 6.45) is 5.23. The SMILES string of the molecule is CC(C)(C)c1nnc(C(=O)C2CCCN2C(=O)CNC2(CO)CCCC2)o1. The largest absolute Gasteiger partial charge is 0.418 e. The predicted octanol–water partition coefficient (Wildman–Crippen LogP) is 1.44. The number of likely N-dealkylation sites (tertiary alicyclic amines) is 1. The van der Waals surface area contributed by atoms with Crippen molar-refractivity contribution in [3.63, 3.8) is 0 Å². The maximum atomic E-state index is 12.8. The number of rotatable bonds is 6. The van der Waals surface area contributed by atoms with Crippen LogP contribution in [0.15, 0.2) is 4.42 Å². The van der Waals surface area contributed by atoms with Crippen LogP contribution in [0.2, 0.25) is 0 Å². The third kappa shape index (κ3) is 4.21. The van der Waals surface area contributed by atoms with E-state index in [-0.39, 0.29) is 41.7 Å². The van der Waals surface area contributed by atoms with Gasteiger partial charge in [-0.05, 0) is 25.7 Å². The minimum atomic E-state index is -0.554. The maximum Gasteiger partial charge on any atom is 0.286 e. The van der Waals surface area contributed by atoms with Gasteiger partial charge in [0.15, 0.2) is 0 Å². The average Bonchev–Trinajstić information content (AvgIpc) is 3.39. The minimum Gasteiger partial charge on any atom is -0.418 e. The summed E-state index contributed by atoms with van der Waals surface area (Å²) < 4.78 is 5.57. The van der Waals surface area contributed by atoms with Gasteiger partial charge in [-0.2, -0.15) is 0 Å². The Morgan fingerprint density at radius 3 is 2.56 bits per heavy atom. The van der Waals surface area contributed by atoms with Gasteiger partial charge in [0.2, 0.25) is 17.6 Å². The Balaban J connectivity index is 1.64. The molecule has 1 aliphatic carbocycles. The molecule has 1 unspecified atom stereocenters. The molecule has 150 valence electrons. The molecule has 1 aromatic rings. The van der Waals surface area contributed by atoms with E-state index in [1.54, 1.807) is 4.90 Å². The predicted molar refractivity (Wildman–Crippen MR) is 98.4 cm³/mol. The van der Waals surface area contributed by atoms with Gasteiger partial charge in [0.05, 0.1) is 13.2 Å². The van der Waals surface area contributed by atoms with E-state index >= 15 is 0 Å². The van der Waals surface area contributed by atoms with Crippen molar-refractivity contribution in [2.24, 2.45) is 0 Å². The Labute approximate surface area is 159 Å². The van der Waals surface area contributed by atoms with E-state index < -0.39 is 6.04 Å². The number of hydrogen-bond donors (Lipinski definition) is 2. The van der Waals surface area contributed by atoms with Crippen LogP contribution in [-0.2, 0) is 10.2 Å². The molecule has 2 fully saturated rings. The van der Waals surface area contributed by atoms with E-state index in [9.17, 15) is 14.7 Å².